The van der Waals surface area contributed by atoms with Crippen molar-refractivity contribution >= 4 is 26.0 Å². The van der Waals surface area contributed by atoms with E-state index in [1.807, 2.05) is 6.92 Å². The van der Waals surface area contributed by atoms with Crippen LogP contribution in [0.25, 0.3) is 0 Å². The highest BCUT2D eigenvalue weighted by Gasteiger charge is 2.35. The standard InChI is InChI=1S/C12H16BrNO3S/c1-9-12(7-8-17-9)14(2)18(15,16)11-5-3-10(13)4-6-11/h3-6,9,12H,7-8H2,1-2H3. The number of ether oxygens (including phenoxy) is 1. The van der Waals surface area contributed by atoms with E-state index < -0.39 is 10.0 Å². The van der Waals surface area contributed by atoms with E-state index in [0.29, 0.717) is 11.5 Å². The molecule has 2 rings (SSSR count). The third kappa shape index (κ3) is 2.61. The van der Waals surface area contributed by atoms with Crippen molar-refractivity contribution in [2.45, 2.75) is 30.4 Å². The molecular weight excluding hydrogens is 318 g/mol. The molecule has 0 aliphatic carbocycles. The molecule has 1 aromatic carbocycles. The van der Waals surface area contributed by atoms with Gasteiger partial charge in [0.25, 0.3) is 0 Å². The molecule has 0 spiro atoms. The van der Waals surface area contributed by atoms with Gasteiger partial charge in [0.2, 0.25) is 10.0 Å². The minimum Gasteiger partial charge on any atom is -0.377 e. The van der Waals surface area contributed by atoms with Crippen LogP contribution in [0.15, 0.2) is 33.6 Å². The summed E-state index contributed by atoms with van der Waals surface area (Å²) in [5.41, 5.74) is 0. The Bertz CT molecular complexity index is 515. The molecule has 0 aromatic heterocycles. The maximum Gasteiger partial charge on any atom is 0.243 e. The molecule has 4 nitrogen and oxygen atoms in total. The van der Waals surface area contributed by atoms with E-state index in [1.165, 1.54) is 4.31 Å². The number of likely N-dealkylation sites (N-methyl/N-ethyl adjacent to an activating group) is 1. The van der Waals surface area contributed by atoms with Crippen molar-refractivity contribution in [3.05, 3.63) is 28.7 Å². The van der Waals surface area contributed by atoms with Gasteiger partial charge >= 0.3 is 0 Å². The van der Waals surface area contributed by atoms with Crippen molar-refractivity contribution in [1.29, 1.82) is 0 Å². The lowest BCUT2D eigenvalue weighted by Gasteiger charge is -2.26. The van der Waals surface area contributed by atoms with Crippen molar-refractivity contribution in [3.8, 4) is 0 Å². The van der Waals surface area contributed by atoms with Crippen LogP contribution in [0.4, 0.5) is 0 Å². The fraction of sp³-hybridized carbons (Fsp3) is 0.500. The van der Waals surface area contributed by atoms with E-state index in [4.69, 9.17) is 4.74 Å². The Kier molecular flexibility index (Phi) is 4.11. The lowest BCUT2D eigenvalue weighted by atomic mass is 10.2. The molecule has 1 heterocycles. The average Bonchev–Trinajstić information content (AvgIpc) is 2.75. The zero-order chi connectivity index (χ0) is 13.3. The summed E-state index contributed by atoms with van der Waals surface area (Å²) in [6.45, 7) is 2.53. The molecule has 0 N–H and O–H groups in total. The first kappa shape index (κ1) is 14.0. The molecule has 2 atom stereocenters. The molecule has 1 fully saturated rings. The number of nitrogens with zero attached hydrogens (tertiary/aromatic N) is 1. The summed E-state index contributed by atoms with van der Waals surface area (Å²) in [7, 11) is -1.82. The van der Waals surface area contributed by atoms with Gasteiger partial charge in [-0.15, -0.1) is 0 Å². The lowest BCUT2D eigenvalue weighted by Crippen LogP contribution is -2.40. The Morgan fingerprint density at radius 2 is 1.94 bits per heavy atom. The van der Waals surface area contributed by atoms with E-state index in [2.05, 4.69) is 15.9 Å². The first-order chi connectivity index (χ1) is 8.43. The highest BCUT2D eigenvalue weighted by molar-refractivity contribution is 9.10. The quantitative estimate of drug-likeness (QED) is 0.852. The van der Waals surface area contributed by atoms with E-state index in [-0.39, 0.29) is 12.1 Å². The number of hydrogen-bond acceptors (Lipinski definition) is 3. The summed E-state index contributed by atoms with van der Waals surface area (Å²) in [4.78, 5) is 0.312. The van der Waals surface area contributed by atoms with Crippen LogP contribution in [0.5, 0.6) is 0 Å². The van der Waals surface area contributed by atoms with Gasteiger partial charge in [0.15, 0.2) is 0 Å². The van der Waals surface area contributed by atoms with Gasteiger partial charge in [-0.1, -0.05) is 15.9 Å². The zero-order valence-electron chi connectivity index (χ0n) is 10.3. The van der Waals surface area contributed by atoms with Gasteiger partial charge in [-0.2, -0.15) is 4.31 Å². The molecule has 0 radical (unpaired) electrons. The second-order valence-corrected chi connectivity index (χ2v) is 7.32. The molecule has 1 aliphatic heterocycles. The summed E-state index contributed by atoms with van der Waals surface area (Å²) in [6.07, 6.45) is 0.688. The van der Waals surface area contributed by atoms with E-state index in [0.717, 1.165) is 10.9 Å². The summed E-state index contributed by atoms with van der Waals surface area (Å²) in [5.74, 6) is 0. The average molecular weight is 334 g/mol. The van der Waals surface area contributed by atoms with E-state index in [1.54, 1.807) is 31.3 Å². The molecule has 1 saturated heterocycles. The Hall–Kier alpha value is -0.430. The fourth-order valence-corrected chi connectivity index (χ4v) is 3.86. The molecule has 0 saturated carbocycles. The van der Waals surface area contributed by atoms with Crippen LogP contribution in [0, 0.1) is 0 Å². The van der Waals surface area contributed by atoms with Crippen LogP contribution in [0.1, 0.15) is 13.3 Å². The van der Waals surface area contributed by atoms with Crippen molar-refractivity contribution in [2.75, 3.05) is 13.7 Å². The molecule has 2 unspecified atom stereocenters. The molecule has 6 heteroatoms. The van der Waals surface area contributed by atoms with Gasteiger partial charge in [0.05, 0.1) is 17.0 Å². The molecule has 18 heavy (non-hydrogen) atoms. The Balaban J connectivity index is 2.28. The third-order valence-electron chi connectivity index (χ3n) is 3.29. The maximum atomic E-state index is 12.4. The van der Waals surface area contributed by atoms with Crippen molar-refractivity contribution < 1.29 is 13.2 Å². The lowest BCUT2D eigenvalue weighted by molar-refractivity contribution is 0.102. The number of hydrogen-bond donors (Lipinski definition) is 0. The minimum atomic E-state index is -3.44. The van der Waals surface area contributed by atoms with Crippen molar-refractivity contribution in [1.82, 2.24) is 4.31 Å². The monoisotopic (exact) mass is 333 g/mol. The summed E-state index contributed by atoms with van der Waals surface area (Å²) in [5, 5.41) is 0. The topological polar surface area (TPSA) is 46.6 Å². The number of sulfonamides is 1. The summed E-state index contributed by atoms with van der Waals surface area (Å²) < 4.78 is 32.6. The molecule has 0 amide bonds. The number of benzene rings is 1. The van der Waals surface area contributed by atoms with Gasteiger partial charge in [0.1, 0.15) is 0 Å². The normalized spacial score (nSPS) is 24.7. The van der Waals surface area contributed by atoms with Gasteiger partial charge in [-0.25, -0.2) is 8.42 Å². The first-order valence-corrected chi connectivity index (χ1v) is 8.01. The number of rotatable bonds is 3. The molecule has 1 aliphatic rings. The largest absolute Gasteiger partial charge is 0.377 e. The summed E-state index contributed by atoms with van der Waals surface area (Å²) >= 11 is 3.30. The first-order valence-electron chi connectivity index (χ1n) is 5.78. The summed E-state index contributed by atoms with van der Waals surface area (Å²) in [6, 6.07) is 6.59. The van der Waals surface area contributed by atoms with E-state index >= 15 is 0 Å². The Morgan fingerprint density at radius 3 is 2.44 bits per heavy atom. The predicted molar refractivity (Wildman–Crippen MR) is 72.9 cm³/mol. The maximum absolute atomic E-state index is 12.4. The highest BCUT2D eigenvalue weighted by Crippen LogP contribution is 2.25. The van der Waals surface area contributed by atoms with Crippen LogP contribution in [0.3, 0.4) is 0 Å². The van der Waals surface area contributed by atoms with Crippen molar-refractivity contribution in [2.24, 2.45) is 0 Å². The van der Waals surface area contributed by atoms with Gasteiger partial charge in [0, 0.05) is 18.1 Å². The van der Waals surface area contributed by atoms with Crippen molar-refractivity contribution in [3.63, 3.8) is 0 Å². The predicted octanol–water partition coefficient (Wildman–Crippen LogP) is 2.25. The van der Waals surface area contributed by atoms with Crippen LogP contribution in [0.2, 0.25) is 0 Å². The fourth-order valence-electron chi connectivity index (χ4n) is 2.15. The smallest absolute Gasteiger partial charge is 0.243 e. The second-order valence-electron chi connectivity index (χ2n) is 4.41. The van der Waals surface area contributed by atoms with Crippen LogP contribution in [-0.2, 0) is 14.8 Å². The van der Waals surface area contributed by atoms with Crippen LogP contribution < -0.4 is 0 Å². The van der Waals surface area contributed by atoms with Gasteiger partial charge < -0.3 is 4.74 Å². The minimum absolute atomic E-state index is 0.0553. The Morgan fingerprint density at radius 1 is 1.33 bits per heavy atom. The molecular formula is C12H16BrNO3S. The SMILES string of the molecule is CC1OCCC1N(C)S(=O)(=O)c1ccc(Br)cc1. The molecule has 100 valence electrons. The molecule has 0 bridgehead atoms. The van der Waals surface area contributed by atoms with Crippen LogP contribution >= 0.6 is 15.9 Å². The zero-order valence-corrected chi connectivity index (χ0v) is 12.7. The van der Waals surface area contributed by atoms with Gasteiger partial charge in [-0.3, -0.25) is 0 Å². The second kappa shape index (κ2) is 5.28. The third-order valence-corrected chi connectivity index (χ3v) is 5.72. The van der Waals surface area contributed by atoms with E-state index in [9.17, 15) is 8.42 Å². The number of halogens is 1. The van der Waals surface area contributed by atoms with Crippen LogP contribution in [-0.4, -0.2) is 38.5 Å². The highest BCUT2D eigenvalue weighted by atomic mass is 79.9. The molecule has 1 aromatic rings. The Labute approximate surface area is 116 Å². The van der Waals surface area contributed by atoms with Gasteiger partial charge in [-0.05, 0) is 37.6 Å².